The summed E-state index contributed by atoms with van der Waals surface area (Å²) in [6.45, 7) is 4.21. The number of para-hydroxylation sites is 2. The zero-order chi connectivity index (χ0) is 12.1. The van der Waals surface area contributed by atoms with Crippen LogP contribution in [-0.2, 0) is 4.79 Å². The van der Waals surface area contributed by atoms with Crippen LogP contribution >= 0.6 is 0 Å². The second-order valence-corrected chi connectivity index (χ2v) is 4.11. The van der Waals surface area contributed by atoms with Crippen LogP contribution in [0.1, 0.15) is 13.3 Å². The molecule has 0 saturated carbocycles. The lowest BCUT2D eigenvalue weighted by Crippen LogP contribution is -2.24. The van der Waals surface area contributed by atoms with Gasteiger partial charge in [0.15, 0.2) is 0 Å². The molecule has 1 aliphatic heterocycles. The van der Waals surface area contributed by atoms with Crippen molar-refractivity contribution in [2.24, 2.45) is 5.92 Å². The Hall–Kier alpha value is -1.55. The van der Waals surface area contributed by atoms with E-state index < -0.39 is 0 Å². The Morgan fingerprint density at radius 3 is 3.06 bits per heavy atom. The van der Waals surface area contributed by atoms with Crippen molar-refractivity contribution in [3.05, 3.63) is 24.3 Å². The highest BCUT2D eigenvalue weighted by atomic mass is 16.5. The molecule has 2 N–H and O–H groups in total. The molecule has 17 heavy (non-hydrogen) atoms. The zero-order valence-corrected chi connectivity index (χ0v) is 10.0. The molecule has 0 radical (unpaired) electrons. The molecule has 0 bridgehead atoms. The normalized spacial score (nSPS) is 19.0. The average molecular weight is 234 g/mol. The summed E-state index contributed by atoms with van der Waals surface area (Å²) >= 11 is 0. The number of rotatable bonds is 4. The van der Waals surface area contributed by atoms with Gasteiger partial charge in [-0.25, -0.2) is 0 Å². The van der Waals surface area contributed by atoms with Crippen molar-refractivity contribution in [3.63, 3.8) is 0 Å². The maximum Gasteiger partial charge on any atom is 0.228 e. The summed E-state index contributed by atoms with van der Waals surface area (Å²) in [4.78, 5) is 12.0. The van der Waals surface area contributed by atoms with Crippen molar-refractivity contribution < 1.29 is 9.53 Å². The van der Waals surface area contributed by atoms with Gasteiger partial charge < -0.3 is 15.4 Å². The van der Waals surface area contributed by atoms with Crippen LogP contribution in [0.4, 0.5) is 5.69 Å². The van der Waals surface area contributed by atoms with Crippen molar-refractivity contribution in [1.82, 2.24) is 5.32 Å². The van der Waals surface area contributed by atoms with Gasteiger partial charge in [-0.1, -0.05) is 12.1 Å². The lowest BCUT2D eigenvalue weighted by Gasteiger charge is -2.13. The third-order valence-corrected chi connectivity index (χ3v) is 2.88. The molecule has 0 aromatic heterocycles. The first-order valence-electron chi connectivity index (χ1n) is 6.04. The molecule has 0 spiro atoms. The number of carbonyl (C=O) groups is 1. The second kappa shape index (κ2) is 5.68. The smallest absolute Gasteiger partial charge is 0.228 e. The predicted octanol–water partition coefficient (Wildman–Crippen LogP) is 1.63. The van der Waals surface area contributed by atoms with Gasteiger partial charge in [0, 0.05) is 6.54 Å². The minimum atomic E-state index is 0.0714. The van der Waals surface area contributed by atoms with E-state index in [1.165, 1.54) is 0 Å². The van der Waals surface area contributed by atoms with Crippen molar-refractivity contribution >= 4 is 11.6 Å². The monoisotopic (exact) mass is 234 g/mol. The van der Waals surface area contributed by atoms with Crippen molar-refractivity contribution in [1.29, 1.82) is 0 Å². The van der Waals surface area contributed by atoms with Gasteiger partial charge in [-0.05, 0) is 32.0 Å². The topological polar surface area (TPSA) is 50.4 Å². The van der Waals surface area contributed by atoms with E-state index in [4.69, 9.17) is 4.74 Å². The first-order chi connectivity index (χ1) is 8.31. The standard InChI is InChI=1S/C13H18N2O2/c1-2-17-12-6-4-3-5-11(12)15-13(16)10-7-8-14-9-10/h3-6,10,14H,2,7-9H2,1H3,(H,15,16). The SMILES string of the molecule is CCOc1ccccc1NC(=O)C1CCNC1. The zero-order valence-electron chi connectivity index (χ0n) is 10.0. The highest BCUT2D eigenvalue weighted by Gasteiger charge is 2.22. The molecular weight excluding hydrogens is 216 g/mol. The van der Waals surface area contributed by atoms with E-state index in [-0.39, 0.29) is 11.8 Å². The number of ether oxygens (including phenoxy) is 1. The molecule has 1 fully saturated rings. The van der Waals surface area contributed by atoms with Crippen LogP contribution in [0.5, 0.6) is 5.75 Å². The van der Waals surface area contributed by atoms with Gasteiger partial charge in [0.05, 0.1) is 18.2 Å². The lowest BCUT2D eigenvalue weighted by molar-refractivity contribution is -0.119. The summed E-state index contributed by atoms with van der Waals surface area (Å²) in [6.07, 6.45) is 0.905. The fourth-order valence-electron chi connectivity index (χ4n) is 1.96. The Labute approximate surface area is 101 Å². The molecule has 4 nitrogen and oxygen atoms in total. The first-order valence-corrected chi connectivity index (χ1v) is 6.04. The van der Waals surface area contributed by atoms with Crippen LogP contribution in [0.25, 0.3) is 0 Å². The quantitative estimate of drug-likeness (QED) is 0.832. The Morgan fingerprint density at radius 1 is 1.53 bits per heavy atom. The van der Waals surface area contributed by atoms with Gasteiger partial charge in [-0.15, -0.1) is 0 Å². The fourth-order valence-corrected chi connectivity index (χ4v) is 1.96. The molecule has 1 aliphatic rings. The van der Waals surface area contributed by atoms with Gasteiger partial charge in [0.1, 0.15) is 5.75 Å². The fraction of sp³-hybridized carbons (Fsp3) is 0.462. The minimum absolute atomic E-state index is 0.0714. The number of amides is 1. The van der Waals surface area contributed by atoms with Gasteiger partial charge >= 0.3 is 0 Å². The molecule has 1 aromatic rings. The average Bonchev–Trinajstić information content (AvgIpc) is 2.85. The van der Waals surface area contributed by atoms with Crippen LogP contribution in [0.15, 0.2) is 24.3 Å². The summed E-state index contributed by atoms with van der Waals surface area (Å²) in [5, 5.41) is 6.12. The van der Waals surface area contributed by atoms with Gasteiger partial charge in [-0.3, -0.25) is 4.79 Å². The molecular formula is C13H18N2O2. The Morgan fingerprint density at radius 2 is 2.35 bits per heavy atom. The molecule has 1 atom stereocenters. The predicted molar refractivity (Wildman–Crippen MR) is 67.2 cm³/mol. The Bertz CT molecular complexity index is 387. The molecule has 0 aliphatic carbocycles. The highest BCUT2D eigenvalue weighted by molar-refractivity contribution is 5.94. The third-order valence-electron chi connectivity index (χ3n) is 2.88. The number of benzene rings is 1. The molecule has 92 valence electrons. The van der Waals surface area contributed by atoms with E-state index in [1.54, 1.807) is 0 Å². The van der Waals surface area contributed by atoms with Crippen LogP contribution < -0.4 is 15.4 Å². The minimum Gasteiger partial charge on any atom is -0.492 e. The van der Waals surface area contributed by atoms with Gasteiger partial charge in [-0.2, -0.15) is 0 Å². The Balaban J connectivity index is 2.04. The number of hydrogen-bond acceptors (Lipinski definition) is 3. The summed E-state index contributed by atoms with van der Waals surface area (Å²) in [5.41, 5.74) is 0.756. The molecule has 1 aromatic carbocycles. The summed E-state index contributed by atoms with van der Waals surface area (Å²) < 4.78 is 5.47. The molecule has 1 heterocycles. The molecule has 2 rings (SSSR count). The maximum atomic E-state index is 12.0. The molecule has 1 saturated heterocycles. The summed E-state index contributed by atoms with van der Waals surface area (Å²) in [6, 6.07) is 7.53. The third kappa shape index (κ3) is 2.97. The summed E-state index contributed by atoms with van der Waals surface area (Å²) in [5.74, 6) is 0.876. The molecule has 4 heteroatoms. The van der Waals surface area contributed by atoms with Gasteiger partial charge in [0.25, 0.3) is 0 Å². The van der Waals surface area contributed by atoms with Crippen LogP contribution in [0, 0.1) is 5.92 Å². The van der Waals surface area contributed by atoms with E-state index in [0.717, 1.165) is 30.9 Å². The van der Waals surface area contributed by atoms with Crippen LogP contribution in [-0.4, -0.2) is 25.6 Å². The maximum absolute atomic E-state index is 12.0. The van der Waals surface area contributed by atoms with Crippen molar-refractivity contribution in [2.75, 3.05) is 25.0 Å². The molecule has 1 unspecified atom stereocenters. The van der Waals surface area contributed by atoms with Crippen molar-refractivity contribution in [2.45, 2.75) is 13.3 Å². The number of anilines is 1. The van der Waals surface area contributed by atoms with E-state index in [0.29, 0.717) is 6.61 Å². The van der Waals surface area contributed by atoms with Crippen LogP contribution in [0.3, 0.4) is 0 Å². The molecule has 1 amide bonds. The summed E-state index contributed by atoms with van der Waals surface area (Å²) in [7, 11) is 0. The highest BCUT2D eigenvalue weighted by Crippen LogP contribution is 2.24. The first kappa shape index (κ1) is 11.9. The van der Waals surface area contributed by atoms with E-state index >= 15 is 0 Å². The Kier molecular flexibility index (Phi) is 3.98. The largest absolute Gasteiger partial charge is 0.492 e. The van der Waals surface area contributed by atoms with Crippen molar-refractivity contribution in [3.8, 4) is 5.75 Å². The van der Waals surface area contributed by atoms with Gasteiger partial charge in [0.2, 0.25) is 5.91 Å². The van der Waals surface area contributed by atoms with E-state index in [9.17, 15) is 4.79 Å². The number of nitrogens with one attached hydrogen (secondary N) is 2. The second-order valence-electron chi connectivity index (χ2n) is 4.11. The van der Waals surface area contributed by atoms with Crippen LogP contribution in [0.2, 0.25) is 0 Å². The van der Waals surface area contributed by atoms with E-state index in [1.807, 2.05) is 31.2 Å². The number of carbonyl (C=O) groups excluding carboxylic acids is 1. The lowest BCUT2D eigenvalue weighted by atomic mass is 10.1. The number of hydrogen-bond donors (Lipinski definition) is 2. The van der Waals surface area contributed by atoms with E-state index in [2.05, 4.69) is 10.6 Å².